The Bertz CT molecular complexity index is 442. The van der Waals surface area contributed by atoms with Gasteiger partial charge in [-0.2, -0.15) is 0 Å². The molecule has 0 aliphatic carbocycles. The van der Waals surface area contributed by atoms with Crippen molar-refractivity contribution < 1.29 is 13.5 Å². The van der Waals surface area contributed by atoms with E-state index in [1.165, 1.54) is 6.07 Å². The third kappa shape index (κ3) is 3.60. The quantitative estimate of drug-likeness (QED) is 0.781. The Labute approximate surface area is 99.2 Å². The fourth-order valence-electron chi connectivity index (χ4n) is 1.42. The molecule has 0 unspecified atom stereocenters. The van der Waals surface area contributed by atoms with Crippen molar-refractivity contribution in [2.45, 2.75) is 6.54 Å². The van der Waals surface area contributed by atoms with Gasteiger partial charge in [-0.05, 0) is 24.3 Å². The predicted octanol–water partition coefficient (Wildman–Crippen LogP) is 2.59. The van der Waals surface area contributed by atoms with Crippen molar-refractivity contribution in [1.29, 1.82) is 0 Å². The molecule has 2 rings (SSSR count). The van der Waals surface area contributed by atoms with E-state index in [1.54, 1.807) is 24.5 Å². The topological polar surface area (TPSA) is 34.4 Å². The molecule has 0 saturated heterocycles. The van der Waals surface area contributed by atoms with Crippen LogP contribution in [0.2, 0.25) is 0 Å². The van der Waals surface area contributed by atoms with Crippen molar-refractivity contribution >= 4 is 0 Å². The van der Waals surface area contributed by atoms with Gasteiger partial charge >= 0.3 is 0 Å². The van der Waals surface area contributed by atoms with Gasteiger partial charge in [0.2, 0.25) is 0 Å². The fourth-order valence-corrected chi connectivity index (χ4v) is 1.42. The molecule has 1 aromatic heterocycles. The number of halogens is 1. The van der Waals surface area contributed by atoms with Crippen LogP contribution in [0, 0.1) is 5.82 Å². The van der Waals surface area contributed by atoms with Gasteiger partial charge in [0.05, 0.1) is 12.8 Å². The Balaban J connectivity index is 1.65. The molecule has 0 radical (unpaired) electrons. The smallest absolute Gasteiger partial charge is 0.165 e. The van der Waals surface area contributed by atoms with E-state index < -0.39 is 0 Å². The van der Waals surface area contributed by atoms with E-state index in [0.29, 0.717) is 19.7 Å². The first-order chi connectivity index (χ1) is 8.36. The third-order valence-corrected chi connectivity index (χ3v) is 2.25. The summed E-state index contributed by atoms with van der Waals surface area (Å²) in [6, 6.07) is 10.1. The van der Waals surface area contributed by atoms with Crippen LogP contribution in [0.15, 0.2) is 47.1 Å². The minimum Gasteiger partial charge on any atom is -0.489 e. The zero-order valence-corrected chi connectivity index (χ0v) is 9.36. The molecule has 2 aromatic rings. The first-order valence-electron chi connectivity index (χ1n) is 5.46. The molecule has 0 bridgehead atoms. The maximum Gasteiger partial charge on any atom is 0.165 e. The van der Waals surface area contributed by atoms with Crippen molar-refractivity contribution in [2.24, 2.45) is 0 Å². The molecule has 1 N–H and O–H groups in total. The highest BCUT2D eigenvalue weighted by Crippen LogP contribution is 2.14. The van der Waals surface area contributed by atoms with E-state index in [1.807, 2.05) is 12.1 Å². The Morgan fingerprint density at radius 2 is 2.06 bits per heavy atom. The number of hydrogen-bond acceptors (Lipinski definition) is 3. The lowest BCUT2D eigenvalue weighted by Gasteiger charge is -2.07. The maximum atomic E-state index is 13.2. The summed E-state index contributed by atoms with van der Waals surface area (Å²) in [5.41, 5.74) is 0. The van der Waals surface area contributed by atoms with E-state index >= 15 is 0 Å². The average Bonchev–Trinajstić information content (AvgIpc) is 2.84. The van der Waals surface area contributed by atoms with Crippen LogP contribution in [-0.4, -0.2) is 13.2 Å². The van der Waals surface area contributed by atoms with Crippen LogP contribution in [0.4, 0.5) is 4.39 Å². The number of ether oxygens (including phenoxy) is 1. The van der Waals surface area contributed by atoms with Crippen LogP contribution in [0.5, 0.6) is 5.75 Å². The molecule has 0 amide bonds. The van der Waals surface area contributed by atoms with Gasteiger partial charge in [-0.15, -0.1) is 0 Å². The highest BCUT2D eigenvalue weighted by Gasteiger charge is 2.00. The Morgan fingerprint density at radius 3 is 2.82 bits per heavy atom. The van der Waals surface area contributed by atoms with Gasteiger partial charge in [-0.1, -0.05) is 12.1 Å². The van der Waals surface area contributed by atoms with Gasteiger partial charge in [-0.3, -0.25) is 0 Å². The minimum atomic E-state index is -0.335. The lowest BCUT2D eigenvalue weighted by molar-refractivity contribution is 0.296. The van der Waals surface area contributed by atoms with Crippen LogP contribution in [0.25, 0.3) is 0 Å². The molecule has 17 heavy (non-hydrogen) atoms. The number of hydrogen-bond donors (Lipinski definition) is 1. The highest BCUT2D eigenvalue weighted by molar-refractivity contribution is 5.23. The van der Waals surface area contributed by atoms with Crippen molar-refractivity contribution in [3.05, 3.63) is 54.2 Å². The summed E-state index contributed by atoms with van der Waals surface area (Å²) in [7, 11) is 0. The SMILES string of the molecule is Fc1ccccc1OCCNCc1ccco1. The van der Waals surface area contributed by atoms with Gasteiger partial charge in [0.15, 0.2) is 11.6 Å². The maximum absolute atomic E-state index is 13.2. The van der Waals surface area contributed by atoms with Crippen LogP contribution in [0.3, 0.4) is 0 Å². The summed E-state index contributed by atoms with van der Waals surface area (Å²) in [5.74, 6) is 0.821. The van der Waals surface area contributed by atoms with Crippen LogP contribution < -0.4 is 10.1 Å². The normalized spacial score (nSPS) is 10.4. The van der Waals surface area contributed by atoms with E-state index in [9.17, 15) is 4.39 Å². The van der Waals surface area contributed by atoms with Gasteiger partial charge in [0.25, 0.3) is 0 Å². The van der Waals surface area contributed by atoms with E-state index in [0.717, 1.165) is 5.76 Å². The third-order valence-electron chi connectivity index (χ3n) is 2.25. The molecular formula is C13H14FNO2. The summed E-state index contributed by atoms with van der Waals surface area (Å²) in [6.07, 6.45) is 1.63. The summed E-state index contributed by atoms with van der Waals surface area (Å²) in [4.78, 5) is 0. The monoisotopic (exact) mass is 235 g/mol. The molecule has 0 spiro atoms. The summed E-state index contributed by atoms with van der Waals surface area (Å²) in [5, 5.41) is 3.14. The highest BCUT2D eigenvalue weighted by atomic mass is 19.1. The van der Waals surface area contributed by atoms with Gasteiger partial charge in [0, 0.05) is 6.54 Å². The van der Waals surface area contributed by atoms with Gasteiger partial charge in [0.1, 0.15) is 12.4 Å². The zero-order chi connectivity index (χ0) is 11.9. The number of para-hydroxylation sites is 1. The van der Waals surface area contributed by atoms with Gasteiger partial charge < -0.3 is 14.5 Å². The van der Waals surface area contributed by atoms with E-state index in [2.05, 4.69) is 5.32 Å². The molecule has 90 valence electrons. The van der Waals surface area contributed by atoms with E-state index in [-0.39, 0.29) is 11.6 Å². The Morgan fingerprint density at radius 1 is 1.18 bits per heavy atom. The Kier molecular flexibility index (Phi) is 4.16. The molecule has 1 heterocycles. The average molecular weight is 235 g/mol. The van der Waals surface area contributed by atoms with E-state index in [4.69, 9.17) is 9.15 Å². The molecule has 0 saturated carbocycles. The van der Waals surface area contributed by atoms with Crippen LogP contribution in [0.1, 0.15) is 5.76 Å². The summed E-state index contributed by atoms with van der Waals surface area (Å²) < 4.78 is 23.6. The molecule has 0 aliphatic heterocycles. The standard InChI is InChI=1S/C13H14FNO2/c14-12-5-1-2-6-13(12)17-9-7-15-10-11-4-3-8-16-11/h1-6,8,15H,7,9-10H2. The molecule has 4 heteroatoms. The van der Waals surface area contributed by atoms with Crippen LogP contribution >= 0.6 is 0 Å². The number of nitrogens with one attached hydrogen (secondary N) is 1. The molecule has 0 aliphatic rings. The second-order valence-electron chi connectivity index (χ2n) is 3.54. The summed E-state index contributed by atoms with van der Waals surface area (Å²) >= 11 is 0. The summed E-state index contributed by atoms with van der Waals surface area (Å²) in [6.45, 7) is 1.70. The minimum absolute atomic E-state index is 0.285. The molecule has 0 fully saturated rings. The molecule has 1 aromatic carbocycles. The van der Waals surface area contributed by atoms with Crippen molar-refractivity contribution in [3.8, 4) is 5.75 Å². The zero-order valence-electron chi connectivity index (χ0n) is 9.36. The molecule has 3 nitrogen and oxygen atoms in total. The van der Waals surface area contributed by atoms with Crippen molar-refractivity contribution in [1.82, 2.24) is 5.32 Å². The second-order valence-corrected chi connectivity index (χ2v) is 3.54. The van der Waals surface area contributed by atoms with Gasteiger partial charge in [-0.25, -0.2) is 4.39 Å². The molecule has 0 atom stereocenters. The molecular weight excluding hydrogens is 221 g/mol. The first-order valence-corrected chi connectivity index (χ1v) is 5.46. The Hall–Kier alpha value is -1.81. The number of furan rings is 1. The number of rotatable bonds is 6. The lowest BCUT2D eigenvalue weighted by atomic mass is 10.3. The largest absolute Gasteiger partial charge is 0.489 e. The number of benzene rings is 1. The lowest BCUT2D eigenvalue weighted by Crippen LogP contribution is -2.20. The first kappa shape index (κ1) is 11.7. The van der Waals surface area contributed by atoms with Crippen molar-refractivity contribution in [3.63, 3.8) is 0 Å². The van der Waals surface area contributed by atoms with Crippen molar-refractivity contribution in [2.75, 3.05) is 13.2 Å². The predicted molar refractivity (Wildman–Crippen MR) is 62.3 cm³/mol. The fraction of sp³-hybridized carbons (Fsp3) is 0.231. The van der Waals surface area contributed by atoms with Crippen LogP contribution in [-0.2, 0) is 6.54 Å². The second kappa shape index (κ2) is 6.06.